The molecular weight excluding hydrogens is 165 g/mol. The molecule has 0 unspecified atom stereocenters. The fourth-order valence-electron chi connectivity index (χ4n) is 0.468. The summed E-state index contributed by atoms with van der Waals surface area (Å²) in [5.41, 5.74) is 0. The third-order valence-electron chi connectivity index (χ3n) is 0.835. The van der Waals surface area contributed by atoms with Crippen LogP contribution in [0.15, 0.2) is 24.5 Å². The first kappa shape index (κ1) is 10.2. The largest absolute Gasteiger partial charge is 1.00 e. The molecule has 0 amide bonds. The van der Waals surface area contributed by atoms with E-state index < -0.39 is 10.3 Å². The molecular formula is C4H4NNaO3S. The van der Waals surface area contributed by atoms with Gasteiger partial charge in [0.25, 0.3) is 0 Å². The van der Waals surface area contributed by atoms with Crippen LogP contribution in [0.2, 0.25) is 0 Å². The summed E-state index contributed by atoms with van der Waals surface area (Å²) in [4.78, 5) is 0. The molecule has 0 aliphatic carbocycles. The van der Waals surface area contributed by atoms with Crippen LogP contribution >= 0.6 is 0 Å². The van der Waals surface area contributed by atoms with Crippen LogP contribution in [-0.4, -0.2) is 16.9 Å². The minimum atomic E-state index is -4.29. The van der Waals surface area contributed by atoms with Crippen molar-refractivity contribution in [2.24, 2.45) is 0 Å². The first-order valence-electron chi connectivity index (χ1n) is 2.20. The van der Waals surface area contributed by atoms with E-state index in [0.717, 1.165) is 0 Å². The summed E-state index contributed by atoms with van der Waals surface area (Å²) in [5.74, 6) is 0. The van der Waals surface area contributed by atoms with Gasteiger partial charge in [-0.05, 0) is 12.1 Å². The molecule has 0 fully saturated rings. The molecule has 0 aromatic carbocycles. The van der Waals surface area contributed by atoms with Crippen molar-refractivity contribution in [3.63, 3.8) is 0 Å². The monoisotopic (exact) mass is 169 g/mol. The van der Waals surface area contributed by atoms with Gasteiger partial charge in [-0.15, -0.1) is 0 Å². The van der Waals surface area contributed by atoms with Crippen LogP contribution < -0.4 is 29.6 Å². The number of nitrogens with zero attached hydrogens (tertiary/aromatic N) is 1. The zero-order valence-corrected chi connectivity index (χ0v) is 8.21. The van der Waals surface area contributed by atoms with Crippen molar-refractivity contribution in [1.82, 2.24) is 3.97 Å². The quantitative estimate of drug-likeness (QED) is 0.328. The average Bonchev–Trinajstić information content (AvgIpc) is 2.08. The second-order valence-electron chi connectivity index (χ2n) is 1.47. The topological polar surface area (TPSA) is 62.1 Å². The maximum atomic E-state index is 10.1. The molecule has 4 nitrogen and oxygen atoms in total. The fraction of sp³-hybridized carbons (Fsp3) is 0. The third-order valence-corrected chi connectivity index (χ3v) is 1.60. The molecule has 1 aromatic rings. The maximum Gasteiger partial charge on any atom is 1.00 e. The molecule has 0 saturated heterocycles. The van der Waals surface area contributed by atoms with Crippen molar-refractivity contribution < 1.29 is 42.5 Å². The van der Waals surface area contributed by atoms with Crippen molar-refractivity contribution in [2.75, 3.05) is 0 Å². The van der Waals surface area contributed by atoms with Gasteiger partial charge in [0.1, 0.15) is 0 Å². The van der Waals surface area contributed by atoms with E-state index in [9.17, 15) is 13.0 Å². The molecule has 0 saturated carbocycles. The normalized spacial score (nSPS) is 10.5. The SMILES string of the molecule is O=S(=O)([O-])n1cccc1.[Na+]. The minimum absolute atomic E-state index is 0. The molecule has 1 aromatic heterocycles. The molecule has 0 spiro atoms. The second kappa shape index (κ2) is 3.54. The Morgan fingerprint density at radius 1 is 1.20 bits per heavy atom. The van der Waals surface area contributed by atoms with E-state index in [1.165, 1.54) is 24.5 Å². The summed E-state index contributed by atoms with van der Waals surface area (Å²) in [6.07, 6.45) is 2.37. The van der Waals surface area contributed by atoms with E-state index >= 15 is 0 Å². The smallest absolute Gasteiger partial charge is 0.731 e. The van der Waals surface area contributed by atoms with Gasteiger partial charge >= 0.3 is 29.6 Å². The molecule has 1 heterocycles. The van der Waals surface area contributed by atoms with Crippen LogP contribution in [0.4, 0.5) is 0 Å². The Morgan fingerprint density at radius 3 is 1.80 bits per heavy atom. The molecule has 50 valence electrons. The molecule has 6 heteroatoms. The number of aromatic nitrogens is 1. The van der Waals surface area contributed by atoms with Crippen molar-refractivity contribution >= 4 is 10.3 Å². The van der Waals surface area contributed by atoms with Crippen LogP contribution in [0, 0.1) is 0 Å². The predicted molar refractivity (Wildman–Crippen MR) is 29.5 cm³/mol. The van der Waals surface area contributed by atoms with E-state index in [4.69, 9.17) is 0 Å². The Balaban J connectivity index is 0.000000810. The van der Waals surface area contributed by atoms with Crippen LogP contribution in [0.1, 0.15) is 0 Å². The Hall–Kier alpha value is 0.190. The van der Waals surface area contributed by atoms with E-state index in [1.807, 2.05) is 0 Å². The summed E-state index contributed by atoms with van der Waals surface area (Å²) in [6, 6.07) is 2.94. The summed E-state index contributed by atoms with van der Waals surface area (Å²) in [6.45, 7) is 0. The average molecular weight is 169 g/mol. The zero-order valence-electron chi connectivity index (χ0n) is 5.39. The van der Waals surface area contributed by atoms with Crippen molar-refractivity contribution in [3.05, 3.63) is 24.5 Å². The summed E-state index contributed by atoms with van der Waals surface area (Å²) in [7, 11) is -4.29. The Bertz CT molecular complexity index is 277. The molecule has 0 aliphatic heterocycles. The predicted octanol–water partition coefficient (Wildman–Crippen LogP) is -3.20. The van der Waals surface area contributed by atoms with Gasteiger partial charge in [-0.3, -0.25) is 3.97 Å². The van der Waals surface area contributed by atoms with Crippen molar-refractivity contribution in [1.29, 1.82) is 0 Å². The minimum Gasteiger partial charge on any atom is -0.731 e. The van der Waals surface area contributed by atoms with Gasteiger partial charge < -0.3 is 4.55 Å². The van der Waals surface area contributed by atoms with E-state index in [0.29, 0.717) is 3.97 Å². The standard InChI is InChI=1S/C4H5NO3S.Na/c6-9(7,8)5-3-1-2-4-5;/h1-4H,(H,6,7,8);/q;+1/p-1. The third kappa shape index (κ3) is 2.43. The van der Waals surface area contributed by atoms with Crippen LogP contribution in [-0.2, 0) is 10.3 Å². The fourth-order valence-corrected chi connectivity index (χ4v) is 0.906. The van der Waals surface area contributed by atoms with Gasteiger partial charge in [-0.2, -0.15) is 0 Å². The van der Waals surface area contributed by atoms with Gasteiger partial charge in [0.2, 0.25) is 0 Å². The molecule has 10 heavy (non-hydrogen) atoms. The molecule has 0 bridgehead atoms. The zero-order chi connectivity index (χ0) is 6.91. The molecule has 0 atom stereocenters. The van der Waals surface area contributed by atoms with Gasteiger partial charge in [-0.1, -0.05) is 0 Å². The molecule has 0 N–H and O–H groups in total. The van der Waals surface area contributed by atoms with Gasteiger partial charge in [0.15, 0.2) is 10.3 Å². The Morgan fingerprint density at radius 2 is 1.60 bits per heavy atom. The maximum absolute atomic E-state index is 10.1. The first-order valence-corrected chi connectivity index (χ1v) is 3.56. The number of rotatable bonds is 1. The summed E-state index contributed by atoms with van der Waals surface area (Å²) in [5, 5.41) is 0. The molecule has 1 rings (SSSR count). The van der Waals surface area contributed by atoms with Gasteiger partial charge in [-0.25, -0.2) is 8.42 Å². The second-order valence-corrected chi connectivity index (χ2v) is 2.75. The number of hydrogen-bond acceptors (Lipinski definition) is 3. The molecule has 0 aliphatic rings. The van der Waals surface area contributed by atoms with Crippen molar-refractivity contribution in [3.8, 4) is 0 Å². The van der Waals surface area contributed by atoms with E-state index in [1.54, 1.807) is 0 Å². The van der Waals surface area contributed by atoms with Crippen LogP contribution in [0.25, 0.3) is 0 Å². The van der Waals surface area contributed by atoms with Gasteiger partial charge in [0.05, 0.1) is 0 Å². The van der Waals surface area contributed by atoms with E-state index in [2.05, 4.69) is 0 Å². The Kier molecular flexibility index (Phi) is 3.61. The molecule has 0 radical (unpaired) electrons. The summed E-state index contributed by atoms with van der Waals surface area (Å²) >= 11 is 0. The van der Waals surface area contributed by atoms with Gasteiger partial charge in [0, 0.05) is 12.4 Å². The number of hydrogen-bond donors (Lipinski definition) is 0. The first-order chi connectivity index (χ1) is 4.11. The van der Waals surface area contributed by atoms with Crippen molar-refractivity contribution in [2.45, 2.75) is 0 Å². The van der Waals surface area contributed by atoms with E-state index in [-0.39, 0.29) is 29.6 Å². The Labute approximate surface area is 81.0 Å². The summed E-state index contributed by atoms with van der Waals surface area (Å²) < 4.78 is 30.9. The van der Waals surface area contributed by atoms with Crippen LogP contribution in [0.3, 0.4) is 0 Å². The van der Waals surface area contributed by atoms with Crippen LogP contribution in [0.5, 0.6) is 0 Å².